The minimum absolute atomic E-state index is 0.0927. The molecule has 0 heterocycles. The van der Waals surface area contributed by atoms with Gasteiger partial charge in [0, 0.05) is 17.5 Å². The molecule has 0 amide bonds. The standard InChI is InChI=1S/C48H64O6/c1-4-7-9-11-12-13-14-15-16-17-18-19-20-22-24-46(49)52-44-35-29-40(30-36-44)26-25-39-27-31-41(32-28-39)48(51)54-45-37-33-42(34-38-45)47(50)53-43(6-3)23-21-10-8-5-2/h27-38,43H,4-24H2,1-3H3/t43-/m0/s1. The summed E-state index contributed by atoms with van der Waals surface area (Å²) < 4.78 is 16.7. The highest BCUT2D eigenvalue weighted by Gasteiger charge is 2.15. The van der Waals surface area contributed by atoms with E-state index in [9.17, 15) is 14.4 Å². The summed E-state index contributed by atoms with van der Waals surface area (Å²) in [7, 11) is 0. The normalized spacial score (nSPS) is 11.3. The lowest BCUT2D eigenvalue weighted by atomic mass is 10.0. The van der Waals surface area contributed by atoms with E-state index in [4.69, 9.17) is 14.2 Å². The van der Waals surface area contributed by atoms with Crippen LogP contribution in [0.5, 0.6) is 11.5 Å². The van der Waals surface area contributed by atoms with Crippen LogP contribution in [0.4, 0.5) is 0 Å². The molecule has 0 aliphatic rings. The van der Waals surface area contributed by atoms with Gasteiger partial charge >= 0.3 is 17.9 Å². The van der Waals surface area contributed by atoms with Crippen molar-refractivity contribution in [3.05, 3.63) is 95.1 Å². The predicted octanol–water partition coefficient (Wildman–Crippen LogP) is 13.0. The Hall–Kier alpha value is -4.37. The summed E-state index contributed by atoms with van der Waals surface area (Å²) in [6.45, 7) is 6.47. The third-order valence-corrected chi connectivity index (χ3v) is 9.70. The van der Waals surface area contributed by atoms with Crippen molar-refractivity contribution >= 4 is 17.9 Å². The number of unbranched alkanes of at least 4 members (excludes halogenated alkanes) is 16. The van der Waals surface area contributed by atoms with Crippen molar-refractivity contribution in [3.63, 3.8) is 0 Å². The molecule has 6 nitrogen and oxygen atoms in total. The summed E-state index contributed by atoms with van der Waals surface area (Å²) in [4.78, 5) is 37.7. The molecule has 0 N–H and O–H groups in total. The molecule has 0 saturated heterocycles. The van der Waals surface area contributed by atoms with E-state index in [1.165, 1.54) is 89.9 Å². The largest absolute Gasteiger partial charge is 0.459 e. The molecule has 0 unspecified atom stereocenters. The van der Waals surface area contributed by atoms with Crippen LogP contribution in [0.25, 0.3) is 0 Å². The molecular weight excluding hydrogens is 673 g/mol. The van der Waals surface area contributed by atoms with Gasteiger partial charge in [0.25, 0.3) is 0 Å². The molecule has 292 valence electrons. The first-order valence-corrected chi connectivity index (χ1v) is 20.9. The maximum atomic E-state index is 12.8. The average molecular weight is 737 g/mol. The van der Waals surface area contributed by atoms with Crippen LogP contribution < -0.4 is 9.47 Å². The fourth-order valence-electron chi connectivity index (χ4n) is 6.28. The van der Waals surface area contributed by atoms with Crippen LogP contribution >= 0.6 is 0 Å². The number of carbonyl (C=O) groups excluding carboxylic acids is 3. The Morgan fingerprint density at radius 2 is 0.889 bits per heavy atom. The molecule has 0 aliphatic heterocycles. The molecule has 6 heteroatoms. The molecule has 0 saturated carbocycles. The lowest BCUT2D eigenvalue weighted by Gasteiger charge is -2.16. The van der Waals surface area contributed by atoms with Crippen LogP contribution in [0.15, 0.2) is 72.8 Å². The Morgan fingerprint density at radius 3 is 1.41 bits per heavy atom. The van der Waals surface area contributed by atoms with Gasteiger partial charge in [0.1, 0.15) is 17.6 Å². The van der Waals surface area contributed by atoms with Gasteiger partial charge in [-0.05, 0) is 98.5 Å². The number of hydrogen-bond donors (Lipinski definition) is 0. The van der Waals surface area contributed by atoms with Crippen molar-refractivity contribution < 1.29 is 28.6 Å². The SMILES string of the molecule is CCCCCCCCCCCCCCCCC(=O)Oc1ccc(C#Cc2ccc(C(=O)Oc3ccc(C(=O)O[C@@H](CC)CCCCCC)cc3)cc2)cc1. The zero-order valence-corrected chi connectivity index (χ0v) is 33.3. The van der Waals surface area contributed by atoms with Gasteiger partial charge in [-0.25, -0.2) is 9.59 Å². The van der Waals surface area contributed by atoms with Gasteiger partial charge in [-0.1, -0.05) is 135 Å². The fourth-order valence-corrected chi connectivity index (χ4v) is 6.28. The maximum absolute atomic E-state index is 12.8. The molecule has 3 rings (SSSR count). The van der Waals surface area contributed by atoms with Crippen molar-refractivity contribution in [1.29, 1.82) is 0 Å². The number of benzene rings is 3. The Morgan fingerprint density at radius 1 is 0.481 bits per heavy atom. The van der Waals surface area contributed by atoms with E-state index in [2.05, 4.69) is 25.7 Å². The smallest absolute Gasteiger partial charge is 0.343 e. The van der Waals surface area contributed by atoms with Crippen LogP contribution in [-0.2, 0) is 9.53 Å². The molecule has 0 bridgehead atoms. The molecule has 1 atom stereocenters. The molecule has 3 aromatic carbocycles. The third-order valence-electron chi connectivity index (χ3n) is 9.70. The van der Waals surface area contributed by atoms with E-state index >= 15 is 0 Å². The van der Waals surface area contributed by atoms with Crippen molar-refractivity contribution in [2.75, 3.05) is 0 Å². The zero-order chi connectivity index (χ0) is 38.6. The third kappa shape index (κ3) is 18.6. The number of esters is 3. The Bertz CT molecular complexity index is 1550. The first-order valence-electron chi connectivity index (χ1n) is 20.9. The van der Waals surface area contributed by atoms with Crippen LogP contribution in [0.2, 0.25) is 0 Å². The van der Waals surface area contributed by atoms with Crippen LogP contribution in [-0.4, -0.2) is 24.0 Å². The summed E-state index contributed by atoms with van der Waals surface area (Å²) in [5.74, 6) is 6.02. The molecule has 0 aliphatic carbocycles. The number of ether oxygens (including phenoxy) is 3. The van der Waals surface area contributed by atoms with Crippen molar-refractivity contribution in [2.24, 2.45) is 0 Å². The van der Waals surface area contributed by atoms with Gasteiger partial charge in [-0.2, -0.15) is 0 Å². The molecule has 0 aromatic heterocycles. The number of rotatable bonds is 26. The highest BCUT2D eigenvalue weighted by Crippen LogP contribution is 2.19. The predicted molar refractivity (Wildman–Crippen MR) is 219 cm³/mol. The summed E-state index contributed by atoms with van der Waals surface area (Å²) >= 11 is 0. The first-order chi connectivity index (χ1) is 26.4. The van der Waals surface area contributed by atoms with Crippen molar-refractivity contribution in [2.45, 2.75) is 162 Å². The van der Waals surface area contributed by atoms with E-state index in [1.54, 1.807) is 60.7 Å². The summed E-state index contributed by atoms with van der Waals surface area (Å²) in [5.41, 5.74) is 2.34. The highest BCUT2D eigenvalue weighted by atomic mass is 16.5. The fraction of sp³-hybridized carbons (Fsp3) is 0.521. The molecule has 3 aromatic rings. The second-order valence-electron chi connectivity index (χ2n) is 14.4. The summed E-state index contributed by atoms with van der Waals surface area (Å²) in [6, 6.07) is 20.5. The molecule has 54 heavy (non-hydrogen) atoms. The molecule has 0 fully saturated rings. The van der Waals surface area contributed by atoms with E-state index in [0.717, 1.165) is 49.7 Å². The van der Waals surface area contributed by atoms with Gasteiger partial charge < -0.3 is 14.2 Å². The van der Waals surface area contributed by atoms with Gasteiger partial charge in [-0.3, -0.25) is 4.79 Å². The Kier molecular flexibility index (Phi) is 22.2. The zero-order valence-electron chi connectivity index (χ0n) is 33.3. The molecule has 0 radical (unpaired) electrons. The van der Waals surface area contributed by atoms with Crippen molar-refractivity contribution in [1.82, 2.24) is 0 Å². The van der Waals surface area contributed by atoms with Crippen molar-refractivity contribution in [3.8, 4) is 23.3 Å². The molecular formula is C48H64O6. The summed E-state index contributed by atoms with van der Waals surface area (Å²) in [6.07, 6.45) is 24.6. The van der Waals surface area contributed by atoms with Gasteiger partial charge in [0.05, 0.1) is 11.1 Å². The monoisotopic (exact) mass is 736 g/mol. The van der Waals surface area contributed by atoms with E-state index in [0.29, 0.717) is 29.0 Å². The van der Waals surface area contributed by atoms with Gasteiger partial charge in [-0.15, -0.1) is 0 Å². The lowest BCUT2D eigenvalue weighted by Crippen LogP contribution is -2.17. The minimum atomic E-state index is -0.502. The van der Waals surface area contributed by atoms with Gasteiger partial charge in [0.15, 0.2) is 0 Å². The van der Waals surface area contributed by atoms with Gasteiger partial charge in [0.2, 0.25) is 0 Å². The Balaban J connectivity index is 1.32. The maximum Gasteiger partial charge on any atom is 0.343 e. The minimum Gasteiger partial charge on any atom is -0.459 e. The average Bonchev–Trinajstić information content (AvgIpc) is 3.19. The van der Waals surface area contributed by atoms with E-state index < -0.39 is 5.97 Å². The second-order valence-corrected chi connectivity index (χ2v) is 14.4. The number of hydrogen-bond acceptors (Lipinski definition) is 6. The van der Waals surface area contributed by atoms with Crippen LogP contribution in [0, 0.1) is 11.8 Å². The van der Waals surface area contributed by atoms with E-state index in [-0.39, 0.29) is 18.0 Å². The molecule has 0 spiro atoms. The van der Waals surface area contributed by atoms with Crippen LogP contribution in [0.1, 0.15) is 187 Å². The lowest BCUT2D eigenvalue weighted by molar-refractivity contribution is -0.134. The topological polar surface area (TPSA) is 78.9 Å². The van der Waals surface area contributed by atoms with E-state index in [1.807, 2.05) is 19.1 Å². The Labute approximate surface area is 325 Å². The first kappa shape index (κ1) is 44.0. The quantitative estimate of drug-likeness (QED) is 0.0353. The highest BCUT2D eigenvalue weighted by molar-refractivity contribution is 5.92. The van der Waals surface area contributed by atoms with Crippen LogP contribution in [0.3, 0.4) is 0 Å². The summed E-state index contributed by atoms with van der Waals surface area (Å²) in [5, 5.41) is 0. The second kappa shape index (κ2) is 27.2. The number of carbonyl (C=O) groups is 3.